The van der Waals surface area contributed by atoms with Crippen molar-refractivity contribution in [3.8, 4) is 5.75 Å². The van der Waals surface area contributed by atoms with E-state index >= 15 is 0 Å². The molecule has 0 radical (unpaired) electrons. The first-order valence-corrected chi connectivity index (χ1v) is 5.66. The van der Waals surface area contributed by atoms with Crippen LogP contribution < -0.4 is 10.1 Å². The Bertz CT molecular complexity index is 305. The molecule has 0 saturated carbocycles. The summed E-state index contributed by atoms with van der Waals surface area (Å²) in [6.07, 6.45) is 2.44. The van der Waals surface area contributed by atoms with Crippen molar-refractivity contribution in [2.24, 2.45) is 0 Å². The van der Waals surface area contributed by atoms with Crippen LogP contribution in [0.4, 0.5) is 5.69 Å². The monoisotopic (exact) mass is 207 g/mol. The van der Waals surface area contributed by atoms with Gasteiger partial charge in [0.1, 0.15) is 5.75 Å². The second kappa shape index (κ2) is 5.64. The summed E-state index contributed by atoms with van der Waals surface area (Å²) >= 11 is 0. The maximum absolute atomic E-state index is 5.87. The van der Waals surface area contributed by atoms with Gasteiger partial charge in [-0.25, -0.2) is 0 Å². The van der Waals surface area contributed by atoms with Crippen LogP contribution in [-0.4, -0.2) is 13.2 Å². The zero-order valence-electron chi connectivity index (χ0n) is 10.1. The lowest BCUT2D eigenvalue weighted by Gasteiger charge is -2.17. The standard InChI is InChI=1S/C13H21NO/c1-5-11(6-2)15-12-8-7-10(3)13(9-12)14-4/h7-9,11,14H,5-6H2,1-4H3. The Morgan fingerprint density at radius 1 is 1.27 bits per heavy atom. The van der Waals surface area contributed by atoms with Gasteiger partial charge in [0.2, 0.25) is 0 Å². The number of benzene rings is 1. The van der Waals surface area contributed by atoms with Gasteiger partial charge in [-0.2, -0.15) is 0 Å². The Kier molecular flexibility index (Phi) is 4.47. The summed E-state index contributed by atoms with van der Waals surface area (Å²) in [5.74, 6) is 0.957. The number of aryl methyl sites for hydroxylation is 1. The third kappa shape index (κ3) is 3.15. The summed E-state index contributed by atoms with van der Waals surface area (Å²) in [7, 11) is 1.93. The van der Waals surface area contributed by atoms with Gasteiger partial charge in [0.05, 0.1) is 6.10 Å². The van der Waals surface area contributed by atoms with Gasteiger partial charge in [-0.05, 0) is 31.4 Å². The average Bonchev–Trinajstić information content (AvgIpc) is 2.28. The summed E-state index contributed by atoms with van der Waals surface area (Å²) in [5.41, 5.74) is 2.38. The van der Waals surface area contributed by atoms with Gasteiger partial charge < -0.3 is 10.1 Å². The number of rotatable bonds is 5. The van der Waals surface area contributed by atoms with E-state index in [0.29, 0.717) is 6.10 Å². The van der Waals surface area contributed by atoms with E-state index in [1.807, 2.05) is 13.1 Å². The summed E-state index contributed by atoms with van der Waals surface area (Å²) in [6.45, 7) is 6.40. The third-order valence-corrected chi connectivity index (χ3v) is 2.69. The van der Waals surface area contributed by atoms with Gasteiger partial charge in [-0.15, -0.1) is 0 Å². The van der Waals surface area contributed by atoms with Gasteiger partial charge in [0.15, 0.2) is 0 Å². The Morgan fingerprint density at radius 3 is 2.47 bits per heavy atom. The molecule has 0 atom stereocenters. The molecule has 1 N–H and O–H groups in total. The first-order valence-electron chi connectivity index (χ1n) is 5.66. The lowest BCUT2D eigenvalue weighted by Crippen LogP contribution is -2.13. The van der Waals surface area contributed by atoms with Crippen LogP contribution in [0.5, 0.6) is 5.75 Å². The second-order valence-electron chi connectivity index (χ2n) is 3.78. The lowest BCUT2D eigenvalue weighted by atomic mass is 10.2. The van der Waals surface area contributed by atoms with Gasteiger partial charge in [0, 0.05) is 18.8 Å². The molecule has 84 valence electrons. The largest absolute Gasteiger partial charge is 0.490 e. The molecule has 0 bridgehead atoms. The molecule has 0 aliphatic rings. The zero-order chi connectivity index (χ0) is 11.3. The number of anilines is 1. The molecule has 15 heavy (non-hydrogen) atoms. The van der Waals surface area contributed by atoms with Crippen molar-refractivity contribution in [2.75, 3.05) is 12.4 Å². The van der Waals surface area contributed by atoms with Gasteiger partial charge >= 0.3 is 0 Å². The molecule has 0 spiro atoms. The van der Waals surface area contributed by atoms with Gasteiger partial charge in [-0.1, -0.05) is 19.9 Å². The lowest BCUT2D eigenvalue weighted by molar-refractivity contribution is 0.193. The fraction of sp³-hybridized carbons (Fsp3) is 0.538. The molecule has 0 unspecified atom stereocenters. The van der Waals surface area contributed by atoms with Crippen molar-refractivity contribution in [1.29, 1.82) is 0 Å². The van der Waals surface area contributed by atoms with E-state index in [1.165, 1.54) is 5.56 Å². The van der Waals surface area contributed by atoms with Crippen molar-refractivity contribution in [2.45, 2.75) is 39.7 Å². The topological polar surface area (TPSA) is 21.3 Å². The van der Waals surface area contributed by atoms with E-state index in [0.717, 1.165) is 24.3 Å². The molecule has 2 heteroatoms. The smallest absolute Gasteiger partial charge is 0.121 e. The number of hydrogen-bond donors (Lipinski definition) is 1. The van der Waals surface area contributed by atoms with Crippen LogP contribution in [0.15, 0.2) is 18.2 Å². The SMILES string of the molecule is CCC(CC)Oc1ccc(C)c(NC)c1. The number of hydrogen-bond acceptors (Lipinski definition) is 2. The fourth-order valence-electron chi connectivity index (χ4n) is 1.59. The van der Waals surface area contributed by atoms with E-state index in [4.69, 9.17) is 4.74 Å². The second-order valence-corrected chi connectivity index (χ2v) is 3.78. The molecule has 0 amide bonds. The minimum Gasteiger partial charge on any atom is -0.490 e. The first-order chi connectivity index (χ1) is 7.21. The highest BCUT2D eigenvalue weighted by Gasteiger charge is 2.06. The average molecular weight is 207 g/mol. The molecule has 1 aromatic rings. The summed E-state index contributed by atoms with van der Waals surface area (Å²) in [4.78, 5) is 0. The summed E-state index contributed by atoms with van der Waals surface area (Å²) < 4.78 is 5.87. The minimum absolute atomic E-state index is 0.331. The Hall–Kier alpha value is -1.18. The molecule has 1 rings (SSSR count). The van der Waals surface area contributed by atoms with Crippen LogP contribution in [-0.2, 0) is 0 Å². The van der Waals surface area contributed by atoms with E-state index in [-0.39, 0.29) is 0 Å². The molecular formula is C13H21NO. The molecule has 0 aromatic heterocycles. The van der Waals surface area contributed by atoms with Crippen molar-refractivity contribution in [1.82, 2.24) is 0 Å². The third-order valence-electron chi connectivity index (χ3n) is 2.69. The predicted molar refractivity (Wildman–Crippen MR) is 65.7 cm³/mol. The highest BCUT2D eigenvalue weighted by Crippen LogP contribution is 2.23. The first kappa shape index (κ1) is 11.9. The number of ether oxygens (including phenoxy) is 1. The van der Waals surface area contributed by atoms with Crippen LogP contribution >= 0.6 is 0 Å². The Labute approximate surface area is 92.6 Å². The van der Waals surface area contributed by atoms with Crippen LogP contribution in [0.2, 0.25) is 0 Å². The zero-order valence-corrected chi connectivity index (χ0v) is 10.1. The molecule has 2 nitrogen and oxygen atoms in total. The quantitative estimate of drug-likeness (QED) is 0.796. The van der Waals surface area contributed by atoms with E-state index in [1.54, 1.807) is 0 Å². The number of nitrogens with one attached hydrogen (secondary N) is 1. The van der Waals surface area contributed by atoms with E-state index in [2.05, 4.69) is 38.2 Å². The highest BCUT2D eigenvalue weighted by molar-refractivity contribution is 5.54. The molecule has 0 aliphatic heterocycles. The van der Waals surface area contributed by atoms with Crippen molar-refractivity contribution in [3.63, 3.8) is 0 Å². The van der Waals surface area contributed by atoms with Gasteiger partial charge in [0.25, 0.3) is 0 Å². The minimum atomic E-state index is 0.331. The van der Waals surface area contributed by atoms with E-state index < -0.39 is 0 Å². The maximum Gasteiger partial charge on any atom is 0.121 e. The van der Waals surface area contributed by atoms with Crippen molar-refractivity contribution >= 4 is 5.69 Å². The van der Waals surface area contributed by atoms with Crippen LogP contribution in [0.25, 0.3) is 0 Å². The van der Waals surface area contributed by atoms with Crippen molar-refractivity contribution < 1.29 is 4.74 Å². The normalized spacial score (nSPS) is 10.5. The molecule has 0 fully saturated rings. The van der Waals surface area contributed by atoms with Crippen LogP contribution in [0.1, 0.15) is 32.3 Å². The van der Waals surface area contributed by atoms with Crippen LogP contribution in [0.3, 0.4) is 0 Å². The van der Waals surface area contributed by atoms with Crippen LogP contribution in [0, 0.1) is 6.92 Å². The summed E-state index contributed by atoms with van der Waals surface area (Å²) in [5, 5.41) is 3.16. The van der Waals surface area contributed by atoms with E-state index in [9.17, 15) is 0 Å². The summed E-state index contributed by atoms with van der Waals surface area (Å²) in [6, 6.07) is 6.19. The molecule has 0 saturated heterocycles. The van der Waals surface area contributed by atoms with Crippen molar-refractivity contribution in [3.05, 3.63) is 23.8 Å². The molecule has 1 aromatic carbocycles. The fourth-order valence-corrected chi connectivity index (χ4v) is 1.59. The molecule has 0 aliphatic carbocycles. The molecular weight excluding hydrogens is 186 g/mol. The maximum atomic E-state index is 5.87. The predicted octanol–water partition coefficient (Wildman–Crippen LogP) is 3.60. The van der Waals surface area contributed by atoms with Gasteiger partial charge in [-0.3, -0.25) is 0 Å². The molecule has 0 heterocycles. The highest BCUT2D eigenvalue weighted by atomic mass is 16.5. The Balaban J connectivity index is 2.77. The Morgan fingerprint density at radius 2 is 1.93 bits per heavy atom.